The number of nitrogens with zero attached hydrogens (tertiary/aromatic N) is 4. The summed E-state index contributed by atoms with van der Waals surface area (Å²) in [4.78, 5) is 31.2. The van der Waals surface area contributed by atoms with E-state index in [9.17, 15) is 9.59 Å². The van der Waals surface area contributed by atoms with Gasteiger partial charge in [-0.05, 0) is 43.9 Å². The number of pyridine rings is 1. The third kappa shape index (κ3) is 4.83. The van der Waals surface area contributed by atoms with E-state index in [2.05, 4.69) is 15.4 Å². The molecule has 1 aliphatic carbocycles. The summed E-state index contributed by atoms with van der Waals surface area (Å²) in [6.45, 7) is 1.16. The van der Waals surface area contributed by atoms with E-state index in [1.165, 1.54) is 30.4 Å². The molecular weight excluding hydrogens is 366 g/mol. The minimum atomic E-state index is -0.140. The Bertz CT molecular complexity index is 874. The molecule has 2 aromatic rings. The summed E-state index contributed by atoms with van der Waals surface area (Å²) in [5, 5.41) is 7.79. The molecule has 7 nitrogen and oxygen atoms in total. The Morgan fingerprint density at radius 1 is 1.00 bits per heavy atom. The van der Waals surface area contributed by atoms with Crippen LogP contribution in [0.15, 0.2) is 41.5 Å². The van der Waals surface area contributed by atoms with E-state index in [-0.39, 0.29) is 23.7 Å². The number of rotatable bonds is 4. The molecule has 0 spiro atoms. The number of carbonyl (C=O) groups is 1. The fourth-order valence-electron chi connectivity index (χ4n) is 4.43. The molecule has 3 heterocycles. The molecule has 154 valence electrons. The second-order valence-electron chi connectivity index (χ2n) is 8.10. The van der Waals surface area contributed by atoms with Gasteiger partial charge in [-0.25, -0.2) is 9.48 Å². The van der Waals surface area contributed by atoms with E-state index < -0.39 is 0 Å². The van der Waals surface area contributed by atoms with Crippen molar-refractivity contribution < 1.29 is 4.79 Å². The van der Waals surface area contributed by atoms with Crippen molar-refractivity contribution in [2.45, 2.75) is 70.0 Å². The van der Waals surface area contributed by atoms with Crippen molar-refractivity contribution in [3.05, 3.63) is 47.0 Å². The lowest BCUT2D eigenvalue weighted by Gasteiger charge is -2.27. The van der Waals surface area contributed by atoms with Gasteiger partial charge in [0.05, 0.1) is 18.3 Å². The first kappa shape index (κ1) is 19.6. The van der Waals surface area contributed by atoms with Crippen molar-refractivity contribution in [2.24, 2.45) is 0 Å². The van der Waals surface area contributed by atoms with Gasteiger partial charge in [-0.15, -0.1) is 0 Å². The van der Waals surface area contributed by atoms with Crippen LogP contribution in [0.2, 0.25) is 0 Å². The molecule has 0 radical (unpaired) electrons. The standard InChI is InChI=1S/C22H29N5O2/c28-21-10-9-20(17-11-13-23-14-12-17)25-27(21)16-19-8-5-15-26(19)22(29)24-18-6-3-1-2-4-7-18/h9-14,18-19H,1-8,15-16H2,(H,24,29). The number of likely N-dealkylation sites (tertiary alicyclic amines) is 1. The number of nitrogens with one attached hydrogen (secondary N) is 1. The molecule has 1 saturated heterocycles. The fourth-order valence-corrected chi connectivity index (χ4v) is 4.43. The van der Waals surface area contributed by atoms with Crippen molar-refractivity contribution >= 4 is 6.03 Å². The number of carbonyl (C=O) groups excluding carboxylic acids is 1. The van der Waals surface area contributed by atoms with E-state index in [4.69, 9.17) is 0 Å². The highest BCUT2D eigenvalue weighted by molar-refractivity contribution is 5.75. The normalized spacial score (nSPS) is 20.4. The quantitative estimate of drug-likeness (QED) is 0.806. The molecule has 7 heteroatoms. The molecule has 1 unspecified atom stereocenters. The van der Waals surface area contributed by atoms with Gasteiger partial charge in [-0.3, -0.25) is 9.78 Å². The lowest BCUT2D eigenvalue weighted by atomic mass is 10.1. The van der Waals surface area contributed by atoms with Crippen molar-refractivity contribution in [3.63, 3.8) is 0 Å². The highest BCUT2D eigenvalue weighted by Gasteiger charge is 2.30. The Balaban J connectivity index is 1.45. The van der Waals surface area contributed by atoms with Gasteiger partial charge in [0.1, 0.15) is 0 Å². The number of hydrogen-bond donors (Lipinski definition) is 1. The fraction of sp³-hybridized carbons (Fsp3) is 0.545. The summed E-state index contributed by atoms with van der Waals surface area (Å²) in [6.07, 6.45) is 12.3. The van der Waals surface area contributed by atoms with Gasteiger partial charge in [0, 0.05) is 36.6 Å². The van der Waals surface area contributed by atoms with Gasteiger partial charge in [0.15, 0.2) is 0 Å². The van der Waals surface area contributed by atoms with Gasteiger partial charge in [0.25, 0.3) is 5.56 Å². The van der Waals surface area contributed by atoms with Crippen molar-refractivity contribution in [1.29, 1.82) is 0 Å². The number of amides is 2. The third-order valence-corrected chi connectivity index (χ3v) is 6.05. The molecule has 0 bridgehead atoms. The maximum atomic E-state index is 12.9. The van der Waals surface area contributed by atoms with Crippen LogP contribution in [0.1, 0.15) is 51.4 Å². The van der Waals surface area contributed by atoms with Gasteiger partial charge >= 0.3 is 6.03 Å². The smallest absolute Gasteiger partial charge is 0.317 e. The topological polar surface area (TPSA) is 80.1 Å². The molecule has 2 aromatic heterocycles. The monoisotopic (exact) mass is 395 g/mol. The molecule has 2 amide bonds. The Morgan fingerprint density at radius 3 is 2.52 bits per heavy atom. The number of hydrogen-bond acceptors (Lipinski definition) is 4. The van der Waals surface area contributed by atoms with Crippen molar-refractivity contribution in [2.75, 3.05) is 6.54 Å². The SMILES string of the molecule is O=C(NC1CCCCCC1)N1CCCC1Cn1nc(-c2ccncc2)ccc1=O. The highest BCUT2D eigenvalue weighted by atomic mass is 16.2. The predicted molar refractivity (Wildman–Crippen MR) is 111 cm³/mol. The van der Waals surface area contributed by atoms with Crippen LogP contribution in [0.25, 0.3) is 11.3 Å². The minimum Gasteiger partial charge on any atom is -0.335 e. The molecule has 2 aliphatic rings. The van der Waals surface area contributed by atoms with Crippen LogP contribution in [0.4, 0.5) is 4.79 Å². The average molecular weight is 396 g/mol. The summed E-state index contributed by atoms with van der Waals surface area (Å²) in [6, 6.07) is 7.32. The lowest BCUT2D eigenvalue weighted by Crippen LogP contribution is -2.48. The van der Waals surface area contributed by atoms with Crippen molar-refractivity contribution in [3.8, 4) is 11.3 Å². The largest absolute Gasteiger partial charge is 0.335 e. The van der Waals surface area contributed by atoms with E-state index >= 15 is 0 Å². The Hall–Kier alpha value is -2.70. The van der Waals surface area contributed by atoms with Crippen LogP contribution in [0.3, 0.4) is 0 Å². The van der Waals surface area contributed by atoms with E-state index in [1.807, 2.05) is 17.0 Å². The summed E-state index contributed by atoms with van der Waals surface area (Å²) in [7, 11) is 0. The molecular formula is C22H29N5O2. The van der Waals surface area contributed by atoms with Gasteiger partial charge in [-0.2, -0.15) is 5.10 Å². The van der Waals surface area contributed by atoms with Crippen molar-refractivity contribution in [1.82, 2.24) is 25.0 Å². The van der Waals surface area contributed by atoms with E-state index in [0.29, 0.717) is 6.54 Å². The van der Waals surface area contributed by atoms with E-state index in [0.717, 1.165) is 43.5 Å². The summed E-state index contributed by atoms with van der Waals surface area (Å²) in [5.74, 6) is 0. The molecule has 0 aromatic carbocycles. The summed E-state index contributed by atoms with van der Waals surface area (Å²) < 4.78 is 1.50. The van der Waals surface area contributed by atoms with Gasteiger partial charge < -0.3 is 10.2 Å². The van der Waals surface area contributed by atoms with Gasteiger partial charge in [-0.1, -0.05) is 25.7 Å². The molecule has 1 N–H and O–H groups in total. The Morgan fingerprint density at radius 2 is 1.76 bits per heavy atom. The maximum Gasteiger partial charge on any atom is 0.317 e. The van der Waals surface area contributed by atoms with Crippen LogP contribution in [-0.4, -0.2) is 44.3 Å². The van der Waals surface area contributed by atoms with Crippen LogP contribution in [0, 0.1) is 0 Å². The molecule has 4 rings (SSSR count). The van der Waals surface area contributed by atoms with Gasteiger partial charge in [0.2, 0.25) is 0 Å². The summed E-state index contributed by atoms with van der Waals surface area (Å²) in [5.41, 5.74) is 1.52. The Labute approximate surface area is 171 Å². The average Bonchev–Trinajstić information content (AvgIpc) is 3.06. The molecule has 1 aliphatic heterocycles. The zero-order valence-electron chi connectivity index (χ0n) is 16.8. The molecule has 2 fully saturated rings. The zero-order chi connectivity index (χ0) is 20.1. The van der Waals surface area contributed by atoms with Crippen LogP contribution >= 0.6 is 0 Å². The Kier molecular flexibility index (Phi) is 6.22. The molecule has 29 heavy (non-hydrogen) atoms. The van der Waals surface area contributed by atoms with Crippen LogP contribution in [-0.2, 0) is 6.54 Å². The first-order valence-electron chi connectivity index (χ1n) is 10.8. The number of aromatic nitrogens is 3. The van der Waals surface area contributed by atoms with Crippen LogP contribution in [0.5, 0.6) is 0 Å². The summed E-state index contributed by atoms with van der Waals surface area (Å²) >= 11 is 0. The molecule has 1 saturated carbocycles. The maximum absolute atomic E-state index is 12.9. The molecule has 1 atom stereocenters. The minimum absolute atomic E-state index is 0.00123. The predicted octanol–water partition coefficient (Wildman–Crippen LogP) is 3.20. The van der Waals surface area contributed by atoms with Crippen LogP contribution < -0.4 is 10.9 Å². The lowest BCUT2D eigenvalue weighted by molar-refractivity contribution is 0.180. The zero-order valence-corrected chi connectivity index (χ0v) is 16.8. The number of urea groups is 1. The first-order chi connectivity index (χ1) is 14.2. The third-order valence-electron chi connectivity index (χ3n) is 6.05. The second-order valence-corrected chi connectivity index (χ2v) is 8.10. The highest BCUT2D eigenvalue weighted by Crippen LogP contribution is 2.21. The first-order valence-corrected chi connectivity index (χ1v) is 10.8. The second kappa shape index (κ2) is 9.20. The van der Waals surface area contributed by atoms with E-state index in [1.54, 1.807) is 24.5 Å².